The highest BCUT2D eigenvalue weighted by Gasteiger charge is 2.19. The van der Waals surface area contributed by atoms with Crippen molar-refractivity contribution in [1.29, 1.82) is 0 Å². The van der Waals surface area contributed by atoms with Gasteiger partial charge in [0.15, 0.2) is 0 Å². The van der Waals surface area contributed by atoms with Crippen LogP contribution in [0.15, 0.2) is 72.8 Å². The van der Waals surface area contributed by atoms with Gasteiger partial charge in [0.25, 0.3) is 0 Å². The number of likely N-dealkylation sites (tertiary alicyclic amines) is 1. The predicted octanol–water partition coefficient (Wildman–Crippen LogP) is 7.69. The molecule has 0 saturated carbocycles. The number of hydrogen-bond donors (Lipinski definition) is 0. The summed E-state index contributed by atoms with van der Waals surface area (Å²) in [5.74, 6) is 0.957. The molecule has 2 radical (unpaired) electrons. The first-order valence-corrected chi connectivity index (χ1v) is 12.9. The number of hydrogen-bond acceptors (Lipinski definition) is 2. The summed E-state index contributed by atoms with van der Waals surface area (Å²) in [5, 5.41) is 0. The Morgan fingerprint density at radius 2 is 1.53 bits per heavy atom. The smallest absolute Gasteiger partial charge is 0.119 e. The van der Waals surface area contributed by atoms with Gasteiger partial charge in [-0.1, -0.05) is 80.4 Å². The van der Waals surface area contributed by atoms with E-state index in [2.05, 4.69) is 79.4 Å². The summed E-state index contributed by atoms with van der Waals surface area (Å²) >= 11 is 0. The molecule has 1 atom stereocenters. The largest absolute Gasteiger partial charge is 0.492 e. The highest BCUT2D eigenvalue weighted by atomic mass is 16.5. The SMILES string of the molecule is CCCCCC(=C(c1cc[c]cc1)c1cc[c]cc1)c1cccc(OCC(C)N2CCCC2)c1. The van der Waals surface area contributed by atoms with Crippen molar-refractivity contribution in [3.8, 4) is 5.75 Å². The third-order valence-corrected chi connectivity index (χ3v) is 6.78. The number of benzene rings is 3. The summed E-state index contributed by atoms with van der Waals surface area (Å²) in [6, 6.07) is 32.2. The third-order valence-electron chi connectivity index (χ3n) is 6.78. The van der Waals surface area contributed by atoms with Gasteiger partial charge in [0, 0.05) is 6.04 Å². The van der Waals surface area contributed by atoms with Crippen molar-refractivity contribution in [3.63, 3.8) is 0 Å². The van der Waals surface area contributed by atoms with Crippen molar-refractivity contribution in [2.24, 2.45) is 0 Å². The van der Waals surface area contributed by atoms with E-state index < -0.39 is 0 Å². The molecule has 1 unspecified atom stereocenters. The molecule has 0 bridgehead atoms. The molecule has 2 heteroatoms. The molecule has 3 aromatic carbocycles. The van der Waals surface area contributed by atoms with Crippen LogP contribution in [-0.4, -0.2) is 30.6 Å². The molecule has 1 saturated heterocycles. The van der Waals surface area contributed by atoms with Gasteiger partial charge in [-0.3, -0.25) is 4.90 Å². The van der Waals surface area contributed by atoms with Crippen LogP contribution >= 0.6 is 0 Å². The summed E-state index contributed by atoms with van der Waals surface area (Å²) in [7, 11) is 0. The normalized spacial score (nSPS) is 14.6. The van der Waals surface area contributed by atoms with Crippen molar-refractivity contribution >= 4 is 11.1 Å². The van der Waals surface area contributed by atoms with Crippen LogP contribution in [0, 0.1) is 12.1 Å². The summed E-state index contributed by atoms with van der Waals surface area (Å²) < 4.78 is 6.31. The van der Waals surface area contributed by atoms with Crippen LogP contribution in [0.4, 0.5) is 0 Å². The Bertz CT molecular complexity index is 993. The first-order valence-electron chi connectivity index (χ1n) is 12.9. The summed E-state index contributed by atoms with van der Waals surface area (Å²) in [5.41, 5.74) is 6.37. The molecule has 4 rings (SSSR count). The molecule has 2 nitrogen and oxygen atoms in total. The van der Waals surface area contributed by atoms with Crippen LogP contribution < -0.4 is 4.74 Å². The molecule has 0 amide bonds. The van der Waals surface area contributed by atoms with Crippen molar-refractivity contribution in [3.05, 3.63) is 102 Å². The highest BCUT2D eigenvalue weighted by Crippen LogP contribution is 2.36. The lowest BCUT2D eigenvalue weighted by Crippen LogP contribution is -2.34. The van der Waals surface area contributed by atoms with Gasteiger partial charge in [-0.2, -0.15) is 0 Å². The van der Waals surface area contributed by atoms with Crippen LogP contribution in [0.5, 0.6) is 5.75 Å². The van der Waals surface area contributed by atoms with E-state index >= 15 is 0 Å². The van der Waals surface area contributed by atoms with Crippen molar-refractivity contribution in [2.45, 2.75) is 58.4 Å². The van der Waals surface area contributed by atoms with Crippen molar-refractivity contribution in [1.82, 2.24) is 4.90 Å². The van der Waals surface area contributed by atoms with Gasteiger partial charge in [-0.15, -0.1) is 0 Å². The Morgan fingerprint density at radius 3 is 2.15 bits per heavy atom. The molecule has 0 N–H and O–H groups in total. The second kappa shape index (κ2) is 12.6. The zero-order chi connectivity index (χ0) is 23.6. The van der Waals surface area contributed by atoms with E-state index in [4.69, 9.17) is 4.74 Å². The van der Waals surface area contributed by atoms with Gasteiger partial charge in [0.05, 0.1) is 0 Å². The Labute approximate surface area is 206 Å². The molecule has 3 aromatic rings. The van der Waals surface area contributed by atoms with Gasteiger partial charge in [-0.25, -0.2) is 0 Å². The van der Waals surface area contributed by atoms with Gasteiger partial charge in [0.2, 0.25) is 0 Å². The summed E-state index contributed by atoms with van der Waals surface area (Å²) in [6.45, 7) is 7.67. The van der Waals surface area contributed by atoms with E-state index in [1.807, 2.05) is 24.3 Å². The number of ether oxygens (including phenoxy) is 1. The topological polar surface area (TPSA) is 12.5 Å². The third kappa shape index (κ3) is 6.39. The first kappa shape index (κ1) is 24.3. The second-order valence-corrected chi connectivity index (χ2v) is 9.32. The lowest BCUT2D eigenvalue weighted by molar-refractivity contribution is 0.172. The fourth-order valence-electron chi connectivity index (χ4n) is 4.87. The molecule has 34 heavy (non-hydrogen) atoms. The Balaban J connectivity index is 1.69. The lowest BCUT2D eigenvalue weighted by atomic mass is 9.87. The maximum absolute atomic E-state index is 6.31. The first-order chi connectivity index (χ1) is 16.8. The standard InChI is InChI=1S/C32H37NO/c1-3-4-7-21-31(32(27-15-8-5-9-16-27)28-17-10-6-11-18-28)29-19-14-20-30(24-29)34-25-26(2)33-22-12-13-23-33/h8-11,14-20,24,26H,3-4,7,12-13,21-23,25H2,1-2H3. The molecule has 0 aliphatic carbocycles. The average Bonchev–Trinajstić information content (AvgIpc) is 3.43. The number of unbranched alkanes of at least 4 members (excludes halogenated alkanes) is 2. The van der Waals surface area contributed by atoms with Crippen molar-refractivity contribution in [2.75, 3.05) is 19.7 Å². The van der Waals surface area contributed by atoms with Gasteiger partial charge >= 0.3 is 0 Å². The molecule has 0 spiro atoms. The number of rotatable bonds is 11. The fourth-order valence-corrected chi connectivity index (χ4v) is 4.87. The second-order valence-electron chi connectivity index (χ2n) is 9.32. The molecule has 0 aromatic heterocycles. The molecule has 1 heterocycles. The minimum atomic E-state index is 0.447. The average molecular weight is 452 g/mol. The maximum atomic E-state index is 6.31. The van der Waals surface area contributed by atoms with Crippen LogP contribution in [0.2, 0.25) is 0 Å². The highest BCUT2D eigenvalue weighted by molar-refractivity contribution is 5.98. The van der Waals surface area contributed by atoms with Gasteiger partial charge < -0.3 is 4.74 Å². The monoisotopic (exact) mass is 451 g/mol. The summed E-state index contributed by atoms with van der Waals surface area (Å²) in [6.07, 6.45) is 7.26. The molecule has 1 aliphatic rings. The quantitative estimate of drug-likeness (QED) is 0.219. The minimum Gasteiger partial charge on any atom is -0.492 e. The zero-order valence-electron chi connectivity index (χ0n) is 20.7. The van der Waals surface area contributed by atoms with Crippen LogP contribution in [0.3, 0.4) is 0 Å². The Kier molecular flexibility index (Phi) is 8.98. The zero-order valence-corrected chi connectivity index (χ0v) is 20.7. The Hall–Kier alpha value is -2.84. The Morgan fingerprint density at radius 1 is 0.882 bits per heavy atom. The number of nitrogens with zero attached hydrogens (tertiary/aromatic N) is 1. The van der Waals surface area contributed by atoms with Crippen molar-refractivity contribution < 1.29 is 4.74 Å². The predicted molar refractivity (Wildman–Crippen MR) is 143 cm³/mol. The lowest BCUT2D eigenvalue weighted by Gasteiger charge is -2.24. The van der Waals surface area contributed by atoms with E-state index in [0.29, 0.717) is 6.04 Å². The fraction of sp³-hybridized carbons (Fsp3) is 0.375. The molecular formula is C32H37NO. The van der Waals surface area contributed by atoms with E-state index in [-0.39, 0.29) is 0 Å². The molecule has 176 valence electrons. The van der Waals surface area contributed by atoms with E-state index in [0.717, 1.165) is 18.8 Å². The van der Waals surface area contributed by atoms with Crippen LogP contribution in [0.1, 0.15) is 69.1 Å². The van der Waals surface area contributed by atoms with E-state index in [1.165, 1.54) is 73.0 Å². The molecule has 1 aliphatic heterocycles. The van der Waals surface area contributed by atoms with E-state index in [9.17, 15) is 0 Å². The van der Waals surface area contributed by atoms with Gasteiger partial charge in [-0.05, 0) is 97.8 Å². The van der Waals surface area contributed by atoms with Crippen LogP contribution in [-0.2, 0) is 0 Å². The maximum Gasteiger partial charge on any atom is 0.119 e. The van der Waals surface area contributed by atoms with Crippen LogP contribution in [0.25, 0.3) is 11.1 Å². The number of allylic oxidation sites excluding steroid dienone is 1. The minimum absolute atomic E-state index is 0.447. The van der Waals surface area contributed by atoms with Gasteiger partial charge in [0.1, 0.15) is 12.4 Å². The molecule has 1 fully saturated rings. The molecular weight excluding hydrogens is 414 g/mol. The van der Waals surface area contributed by atoms with E-state index in [1.54, 1.807) is 0 Å². The summed E-state index contributed by atoms with van der Waals surface area (Å²) in [4.78, 5) is 2.54.